The molecule has 1 fully saturated rings. The summed E-state index contributed by atoms with van der Waals surface area (Å²) in [5, 5.41) is 3.02. The van der Waals surface area contributed by atoms with Crippen LogP contribution in [-0.2, 0) is 22.1 Å². The predicted octanol–water partition coefficient (Wildman–Crippen LogP) is 3.66. The number of piperidine rings is 1. The van der Waals surface area contributed by atoms with Crippen molar-refractivity contribution in [2.75, 3.05) is 20.2 Å². The number of carbonyl (C=O) groups excluding carboxylic acids is 1. The lowest BCUT2D eigenvalue weighted by molar-refractivity contribution is 0.0879. The number of likely N-dealkylation sites (tertiary alicyclic amines) is 1. The van der Waals surface area contributed by atoms with Gasteiger partial charge in [-0.2, -0.15) is 0 Å². The summed E-state index contributed by atoms with van der Waals surface area (Å²) >= 11 is 0. The van der Waals surface area contributed by atoms with Gasteiger partial charge in [0.1, 0.15) is 17.3 Å². The van der Waals surface area contributed by atoms with Crippen LogP contribution < -0.4 is 10.1 Å². The second-order valence-corrected chi connectivity index (χ2v) is 10.2. The lowest BCUT2D eigenvalue weighted by atomic mass is 10.0. The van der Waals surface area contributed by atoms with Crippen LogP contribution in [0.4, 0.5) is 0 Å². The first-order valence-corrected chi connectivity index (χ1v) is 12.6. The molecule has 7 nitrogen and oxygen atoms in total. The highest BCUT2D eigenvalue weighted by Crippen LogP contribution is 2.21. The maximum absolute atomic E-state index is 12.7. The highest BCUT2D eigenvalue weighted by atomic mass is 32.2. The van der Waals surface area contributed by atoms with E-state index in [9.17, 15) is 13.2 Å². The standard InChI is InChI=1S/C25H28N2O5S/c1-31-21-7-10-23(11-8-21)33(29,30)18-22-9-12-24(32-22)25(28)26-20-13-15-27(16-14-20)17-19-5-3-2-4-6-19/h2-12,20H,13-18H2,1H3,(H,26,28). The van der Waals surface area contributed by atoms with Crippen LogP contribution in [0.25, 0.3) is 0 Å². The number of ether oxygens (including phenoxy) is 1. The molecule has 0 spiro atoms. The fraction of sp³-hybridized carbons (Fsp3) is 0.320. The van der Waals surface area contributed by atoms with Crippen molar-refractivity contribution in [2.24, 2.45) is 0 Å². The number of nitrogens with zero attached hydrogens (tertiary/aromatic N) is 1. The van der Waals surface area contributed by atoms with Gasteiger partial charge in [0.25, 0.3) is 5.91 Å². The van der Waals surface area contributed by atoms with Gasteiger partial charge in [-0.3, -0.25) is 9.69 Å². The minimum atomic E-state index is -3.60. The Kier molecular flexibility index (Phi) is 7.15. The largest absolute Gasteiger partial charge is 0.497 e. The average Bonchev–Trinajstić information content (AvgIpc) is 3.29. The molecule has 2 aromatic carbocycles. The Labute approximate surface area is 194 Å². The molecular weight excluding hydrogens is 440 g/mol. The van der Waals surface area contributed by atoms with Gasteiger partial charge in [-0.1, -0.05) is 30.3 Å². The van der Waals surface area contributed by atoms with Gasteiger partial charge in [-0.15, -0.1) is 0 Å². The molecule has 1 aliphatic rings. The molecule has 8 heteroatoms. The van der Waals surface area contributed by atoms with E-state index in [1.54, 1.807) is 18.2 Å². The smallest absolute Gasteiger partial charge is 0.287 e. The predicted molar refractivity (Wildman–Crippen MR) is 125 cm³/mol. The van der Waals surface area contributed by atoms with Crippen molar-refractivity contribution < 1.29 is 22.4 Å². The number of sulfone groups is 1. The van der Waals surface area contributed by atoms with Gasteiger partial charge in [0.05, 0.1) is 12.0 Å². The summed E-state index contributed by atoms with van der Waals surface area (Å²) in [5.41, 5.74) is 1.28. The summed E-state index contributed by atoms with van der Waals surface area (Å²) in [7, 11) is -2.08. The molecule has 0 radical (unpaired) electrons. The molecule has 0 saturated carbocycles. The van der Waals surface area contributed by atoms with Gasteiger partial charge >= 0.3 is 0 Å². The lowest BCUT2D eigenvalue weighted by Crippen LogP contribution is -2.44. The van der Waals surface area contributed by atoms with Crippen molar-refractivity contribution in [2.45, 2.75) is 36.1 Å². The number of rotatable bonds is 8. The molecule has 0 bridgehead atoms. The molecule has 2 heterocycles. The monoisotopic (exact) mass is 468 g/mol. The maximum atomic E-state index is 12.7. The van der Waals surface area contributed by atoms with Crippen LogP contribution in [0.2, 0.25) is 0 Å². The number of hydrogen-bond donors (Lipinski definition) is 1. The number of amides is 1. The van der Waals surface area contributed by atoms with Crippen LogP contribution in [0.3, 0.4) is 0 Å². The summed E-state index contributed by atoms with van der Waals surface area (Å²) < 4.78 is 35.9. The molecule has 0 unspecified atom stereocenters. The summed E-state index contributed by atoms with van der Waals surface area (Å²) in [4.78, 5) is 15.2. The summed E-state index contributed by atoms with van der Waals surface area (Å²) in [6.07, 6.45) is 1.72. The highest BCUT2D eigenvalue weighted by molar-refractivity contribution is 7.90. The van der Waals surface area contributed by atoms with Gasteiger partial charge in [0, 0.05) is 25.7 Å². The first-order valence-electron chi connectivity index (χ1n) is 11.0. The van der Waals surface area contributed by atoms with Crippen LogP contribution in [0.5, 0.6) is 5.75 Å². The third-order valence-electron chi connectivity index (χ3n) is 5.81. The number of nitrogens with one attached hydrogen (secondary N) is 1. The Balaban J connectivity index is 1.29. The van der Waals surface area contributed by atoms with Crippen LogP contribution in [0.15, 0.2) is 76.0 Å². The average molecular weight is 469 g/mol. The second-order valence-electron chi connectivity index (χ2n) is 8.21. The van der Waals surface area contributed by atoms with Crippen molar-refractivity contribution in [3.05, 3.63) is 83.8 Å². The first-order chi connectivity index (χ1) is 15.9. The zero-order valence-electron chi connectivity index (χ0n) is 18.6. The Morgan fingerprint density at radius 3 is 2.39 bits per heavy atom. The number of hydrogen-bond acceptors (Lipinski definition) is 6. The van der Waals surface area contributed by atoms with E-state index < -0.39 is 9.84 Å². The van der Waals surface area contributed by atoms with E-state index in [1.807, 2.05) is 18.2 Å². The van der Waals surface area contributed by atoms with Crippen molar-refractivity contribution >= 4 is 15.7 Å². The van der Waals surface area contributed by atoms with E-state index in [0.29, 0.717) is 5.75 Å². The fourth-order valence-electron chi connectivity index (χ4n) is 3.96. The Bertz CT molecular complexity index is 1170. The van der Waals surface area contributed by atoms with E-state index in [-0.39, 0.29) is 34.1 Å². The molecule has 0 atom stereocenters. The second kappa shape index (κ2) is 10.2. The molecule has 0 aliphatic carbocycles. The molecule has 1 aliphatic heterocycles. The molecular formula is C25H28N2O5S. The van der Waals surface area contributed by atoms with E-state index in [2.05, 4.69) is 22.3 Å². The third kappa shape index (κ3) is 6.03. The van der Waals surface area contributed by atoms with Gasteiger partial charge < -0.3 is 14.5 Å². The number of methoxy groups -OCH3 is 1. The molecule has 1 saturated heterocycles. The minimum Gasteiger partial charge on any atom is -0.497 e. The topological polar surface area (TPSA) is 88.8 Å². The van der Waals surface area contributed by atoms with Crippen molar-refractivity contribution in [3.63, 3.8) is 0 Å². The first kappa shape index (κ1) is 23.1. The third-order valence-corrected chi connectivity index (χ3v) is 7.46. The Morgan fingerprint density at radius 1 is 1.03 bits per heavy atom. The van der Waals surface area contributed by atoms with E-state index in [0.717, 1.165) is 32.5 Å². The van der Waals surface area contributed by atoms with E-state index in [1.165, 1.54) is 30.9 Å². The zero-order chi connectivity index (χ0) is 23.3. The van der Waals surface area contributed by atoms with Crippen LogP contribution in [0, 0.1) is 0 Å². The van der Waals surface area contributed by atoms with Crippen LogP contribution in [-0.4, -0.2) is 45.5 Å². The van der Waals surface area contributed by atoms with E-state index in [4.69, 9.17) is 9.15 Å². The molecule has 1 N–H and O–H groups in total. The Hall–Kier alpha value is -3.10. The Morgan fingerprint density at radius 2 is 1.73 bits per heavy atom. The molecule has 3 aromatic rings. The molecule has 1 amide bonds. The summed E-state index contributed by atoms with van der Waals surface area (Å²) in [6.45, 7) is 2.72. The molecule has 33 heavy (non-hydrogen) atoms. The molecule has 1 aromatic heterocycles. The van der Waals surface area contributed by atoms with Gasteiger partial charge in [0.15, 0.2) is 15.6 Å². The van der Waals surface area contributed by atoms with Crippen LogP contribution in [0.1, 0.15) is 34.7 Å². The van der Waals surface area contributed by atoms with Gasteiger partial charge in [-0.25, -0.2) is 8.42 Å². The minimum absolute atomic E-state index is 0.0705. The van der Waals surface area contributed by atoms with Crippen molar-refractivity contribution in [1.29, 1.82) is 0 Å². The van der Waals surface area contributed by atoms with E-state index >= 15 is 0 Å². The highest BCUT2D eigenvalue weighted by Gasteiger charge is 2.23. The number of carbonyl (C=O) groups is 1. The van der Waals surface area contributed by atoms with Gasteiger partial charge in [0.2, 0.25) is 0 Å². The summed E-state index contributed by atoms with van der Waals surface area (Å²) in [5.74, 6) is 0.307. The summed E-state index contributed by atoms with van der Waals surface area (Å²) in [6, 6.07) is 19.7. The SMILES string of the molecule is COc1ccc(S(=O)(=O)Cc2ccc(C(=O)NC3CCN(Cc4ccccc4)CC3)o2)cc1. The maximum Gasteiger partial charge on any atom is 0.287 e. The van der Waals surface area contributed by atoms with Crippen LogP contribution >= 0.6 is 0 Å². The quantitative estimate of drug-likeness (QED) is 0.543. The van der Waals surface area contributed by atoms with Crippen molar-refractivity contribution in [3.8, 4) is 5.75 Å². The zero-order valence-corrected chi connectivity index (χ0v) is 19.4. The van der Waals surface area contributed by atoms with Crippen molar-refractivity contribution in [1.82, 2.24) is 10.2 Å². The molecule has 4 rings (SSSR count). The van der Waals surface area contributed by atoms with Gasteiger partial charge in [-0.05, 0) is 54.8 Å². The normalized spacial score (nSPS) is 15.3. The number of furan rings is 1. The lowest BCUT2D eigenvalue weighted by Gasteiger charge is -2.32. The number of benzene rings is 2. The molecule has 174 valence electrons. The fourth-order valence-corrected chi connectivity index (χ4v) is 5.21.